The molecule has 3 heteroatoms. The summed E-state index contributed by atoms with van der Waals surface area (Å²) in [6.45, 7) is 9.47. The van der Waals surface area contributed by atoms with E-state index in [1.165, 1.54) is 89.9 Å². The Morgan fingerprint density at radius 2 is 1.03 bits per heavy atom. The number of unbranched alkanes of at least 4 members (excludes halogenated alkanes) is 14. The molecule has 0 aliphatic carbocycles. The Morgan fingerprint density at radius 1 is 0.625 bits per heavy atom. The van der Waals surface area contributed by atoms with Crippen molar-refractivity contribution in [2.45, 2.75) is 167 Å². The van der Waals surface area contributed by atoms with E-state index in [1.54, 1.807) is 0 Å². The third-order valence-corrected chi connectivity index (χ3v) is 7.71. The van der Waals surface area contributed by atoms with Gasteiger partial charge in [0.15, 0.2) is 0 Å². The molecule has 0 aromatic heterocycles. The number of carbonyl (C=O) groups excluding carboxylic acids is 1. The third kappa shape index (κ3) is 16.4. The van der Waals surface area contributed by atoms with Crippen LogP contribution in [0.2, 0.25) is 0 Å². The summed E-state index contributed by atoms with van der Waals surface area (Å²) < 4.78 is 5.54. The molecule has 0 radical (unpaired) electrons. The van der Waals surface area contributed by atoms with E-state index in [2.05, 4.69) is 27.7 Å². The van der Waals surface area contributed by atoms with Crippen LogP contribution in [0, 0.1) is 5.92 Å². The van der Waals surface area contributed by atoms with Crippen LogP contribution >= 0.6 is 12.6 Å². The molecule has 0 saturated carbocycles. The summed E-state index contributed by atoms with van der Waals surface area (Å²) in [6.07, 6.45) is 25.6. The fraction of sp³-hybridized carbons (Fsp3) is 0.966. The molecule has 0 bridgehead atoms. The third-order valence-electron chi connectivity index (χ3n) is 6.95. The lowest BCUT2D eigenvalue weighted by atomic mass is 9.79. The molecule has 0 N–H and O–H groups in total. The van der Waals surface area contributed by atoms with E-state index in [0.717, 1.165) is 44.9 Å². The zero-order valence-electron chi connectivity index (χ0n) is 22.4. The highest BCUT2D eigenvalue weighted by molar-refractivity contribution is 7.81. The average Bonchev–Trinajstić information content (AvgIpc) is 2.78. The Kier molecular flexibility index (Phi) is 22.5. The fourth-order valence-corrected chi connectivity index (χ4v) is 5.23. The van der Waals surface area contributed by atoms with Gasteiger partial charge in [0, 0.05) is 4.75 Å². The maximum Gasteiger partial charge on any atom is 0.310 e. The van der Waals surface area contributed by atoms with Crippen LogP contribution < -0.4 is 0 Å². The Labute approximate surface area is 207 Å². The second-order valence-corrected chi connectivity index (χ2v) is 11.0. The minimum absolute atomic E-state index is 0.0211. The number of thiol groups is 1. The van der Waals surface area contributed by atoms with Gasteiger partial charge in [0.25, 0.3) is 0 Å². The van der Waals surface area contributed by atoms with Crippen molar-refractivity contribution in [3.8, 4) is 0 Å². The predicted octanol–water partition coefficient (Wildman–Crippen LogP) is 10.1. The molecule has 0 heterocycles. The van der Waals surface area contributed by atoms with Crippen LogP contribution in [0.4, 0.5) is 0 Å². The summed E-state index contributed by atoms with van der Waals surface area (Å²) in [6, 6.07) is 0. The number of esters is 1. The topological polar surface area (TPSA) is 26.3 Å². The van der Waals surface area contributed by atoms with E-state index >= 15 is 0 Å². The first-order valence-electron chi connectivity index (χ1n) is 14.4. The first kappa shape index (κ1) is 31.8. The zero-order valence-corrected chi connectivity index (χ0v) is 23.3. The summed E-state index contributed by atoms with van der Waals surface area (Å²) in [5, 5.41) is 0. The van der Waals surface area contributed by atoms with Gasteiger partial charge in [0.05, 0.1) is 12.5 Å². The van der Waals surface area contributed by atoms with Crippen molar-refractivity contribution in [2.75, 3.05) is 6.61 Å². The molecule has 0 spiro atoms. The van der Waals surface area contributed by atoms with Crippen molar-refractivity contribution in [1.82, 2.24) is 0 Å². The molecule has 0 amide bonds. The Bertz CT molecular complexity index is 392. The molecule has 0 fully saturated rings. The van der Waals surface area contributed by atoms with Crippen molar-refractivity contribution >= 4 is 18.6 Å². The normalized spacial score (nSPS) is 12.8. The summed E-state index contributed by atoms with van der Waals surface area (Å²) in [5.41, 5.74) is 0. The first-order valence-corrected chi connectivity index (χ1v) is 14.9. The van der Waals surface area contributed by atoms with E-state index in [4.69, 9.17) is 17.4 Å². The Balaban J connectivity index is 4.89. The lowest BCUT2D eigenvalue weighted by Crippen LogP contribution is -2.39. The number of ether oxygens (including phenoxy) is 1. The maximum absolute atomic E-state index is 13.1. The summed E-state index contributed by atoms with van der Waals surface area (Å²) in [7, 11) is 0. The highest BCUT2D eigenvalue weighted by atomic mass is 32.1. The van der Waals surface area contributed by atoms with Crippen LogP contribution in [0.25, 0.3) is 0 Å². The Morgan fingerprint density at radius 3 is 1.47 bits per heavy atom. The minimum Gasteiger partial charge on any atom is -0.465 e. The van der Waals surface area contributed by atoms with Crippen LogP contribution in [0.1, 0.15) is 163 Å². The smallest absolute Gasteiger partial charge is 0.310 e. The molecule has 0 aromatic carbocycles. The van der Waals surface area contributed by atoms with Crippen molar-refractivity contribution in [1.29, 1.82) is 0 Å². The largest absolute Gasteiger partial charge is 0.465 e. The van der Waals surface area contributed by atoms with E-state index in [9.17, 15) is 4.79 Å². The molecule has 0 rings (SSSR count). The molecule has 192 valence electrons. The highest BCUT2D eigenvalue weighted by Gasteiger charge is 2.39. The van der Waals surface area contributed by atoms with E-state index in [1.807, 2.05) is 0 Å². The molecule has 1 unspecified atom stereocenters. The quantitative estimate of drug-likeness (QED) is 0.0862. The van der Waals surface area contributed by atoms with Crippen molar-refractivity contribution < 1.29 is 9.53 Å². The van der Waals surface area contributed by atoms with Crippen LogP contribution in [-0.4, -0.2) is 17.3 Å². The summed E-state index contributed by atoms with van der Waals surface area (Å²) in [4.78, 5) is 13.1. The SMILES string of the molecule is CCCCCCCCCC(S)(CCCCCCCCC)C(CCCC)C(=O)OCCCC. The van der Waals surface area contributed by atoms with Crippen molar-refractivity contribution in [3.05, 3.63) is 0 Å². The number of carbonyl (C=O) groups is 1. The molecule has 0 aliphatic rings. The van der Waals surface area contributed by atoms with Gasteiger partial charge in [-0.25, -0.2) is 0 Å². The minimum atomic E-state index is -0.203. The lowest BCUT2D eigenvalue weighted by molar-refractivity contribution is -0.150. The highest BCUT2D eigenvalue weighted by Crippen LogP contribution is 2.40. The fourth-order valence-electron chi connectivity index (χ4n) is 4.68. The van der Waals surface area contributed by atoms with Gasteiger partial charge >= 0.3 is 5.97 Å². The second kappa shape index (κ2) is 22.6. The lowest BCUT2D eigenvalue weighted by Gasteiger charge is -2.36. The van der Waals surface area contributed by atoms with Gasteiger partial charge in [-0.3, -0.25) is 4.79 Å². The van der Waals surface area contributed by atoms with Gasteiger partial charge < -0.3 is 4.74 Å². The average molecular weight is 471 g/mol. The van der Waals surface area contributed by atoms with Gasteiger partial charge in [0.2, 0.25) is 0 Å². The molecule has 1 atom stereocenters. The molecular weight excluding hydrogens is 412 g/mol. The molecule has 0 aromatic rings. The Hall–Kier alpha value is -0.180. The zero-order chi connectivity index (χ0) is 23.9. The maximum atomic E-state index is 13.1. The van der Waals surface area contributed by atoms with Gasteiger partial charge in [0.1, 0.15) is 0 Å². The van der Waals surface area contributed by atoms with Crippen molar-refractivity contribution in [2.24, 2.45) is 5.92 Å². The van der Waals surface area contributed by atoms with Gasteiger partial charge in [-0.1, -0.05) is 137 Å². The standard InChI is InChI=1S/C29H58O2S/c1-5-9-13-15-17-19-21-24-29(32,25-22-20-18-16-14-10-6-2)27(23-11-7-3)28(30)31-26-12-8-4/h27,32H,5-26H2,1-4H3. The van der Waals surface area contributed by atoms with Crippen LogP contribution in [-0.2, 0) is 9.53 Å². The molecule has 32 heavy (non-hydrogen) atoms. The predicted molar refractivity (Wildman–Crippen MR) is 146 cm³/mol. The van der Waals surface area contributed by atoms with Gasteiger partial charge in [-0.2, -0.15) is 12.6 Å². The van der Waals surface area contributed by atoms with Gasteiger partial charge in [-0.05, 0) is 25.7 Å². The van der Waals surface area contributed by atoms with E-state index in [-0.39, 0.29) is 16.6 Å². The molecule has 0 saturated heterocycles. The summed E-state index contributed by atoms with van der Waals surface area (Å²) in [5.74, 6) is -0.0318. The van der Waals surface area contributed by atoms with Crippen molar-refractivity contribution in [3.63, 3.8) is 0 Å². The number of hydrogen-bond donors (Lipinski definition) is 1. The monoisotopic (exact) mass is 470 g/mol. The van der Waals surface area contributed by atoms with E-state index < -0.39 is 0 Å². The summed E-state index contributed by atoms with van der Waals surface area (Å²) >= 11 is 5.29. The first-order chi connectivity index (χ1) is 15.6. The molecular formula is C29H58O2S. The second-order valence-electron chi connectivity index (χ2n) is 10.1. The van der Waals surface area contributed by atoms with Crippen LogP contribution in [0.3, 0.4) is 0 Å². The number of rotatable bonds is 24. The van der Waals surface area contributed by atoms with Crippen LogP contribution in [0.5, 0.6) is 0 Å². The molecule has 2 nitrogen and oxygen atoms in total. The van der Waals surface area contributed by atoms with Gasteiger partial charge in [-0.15, -0.1) is 0 Å². The van der Waals surface area contributed by atoms with E-state index in [0.29, 0.717) is 6.61 Å². The molecule has 0 aliphatic heterocycles. The number of hydrogen-bond acceptors (Lipinski definition) is 3. The van der Waals surface area contributed by atoms with Crippen LogP contribution in [0.15, 0.2) is 0 Å².